The summed E-state index contributed by atoms with van der Waals surface area (Å²) < 4.78 is 11.1. The van der Waals surface area contributed by atoms with Gasteiger partial charge in [-0.1, -0.05) is 12.1 Å². The second-order valence-corrected chi connectivity index (χ2v) is 6.94. The first-order valence-corrected chi connectivity index (χ1v) is 10.4. The van der Waals surface area contributed by atoms with Crippen molar-refractivity contribution in [1.82, 2.24) is 16.0 Å². The highest BCUT2D eigenvalue weighted by Crippen LogP contribution is 2.15. The van der Waals surface area contributed by atoms with Gasteiger partial charge in [-0.15, -0.1) is 0 Å². The van der Waals surface area contributed by atoms with Gasteiger partial charge >= 0.3 is 0 Å². The Hall–Kier alpha value is -2.32. The minimum atomic E-state index is -0.298. The number of hydrogen-bond acceptors (Lipinski definition) is 5. The summed E-state index contributed by atoms with van der Waals surface area (Å²) in [5.41, 5.74) is 0.272. The number of nitrogens with zero attached hydrogens (tertiary/aromatic N) is 1. The quantitative estimate of drug-likeness (QED) is 0.252. The zero-order valence-electron chi connectivity index (χ0n) is 17.3. The lowest BCUT2D eigenvalue weighted by atomic mass is 10.0. The molecule has 0 radical (unpaired) electrons. The molecule has 1 aromatic carbocycles. The summed E-state index contributed by atoms with van der Waals surface area (Å²) in [5, 5.41) is 18.9. The van der Waals surface area contributed by atoms with E-state index < -0.39 is 0 Å². The molecule has 0 aliphatic carbocycles. The third-order valence-corrected chi connectivity index (χ3v) is 4.61. The van der Waals surface area contributed by atoms with Crippen LogP contribution < -0.4 is 16.0 Å². The van der Waals surface area contributed by atoms with Crippen LogP contribution in [0.4, 0.5) is 0 Å². The van der Waals surface area contributed by atoms with Crippen molar-refractivity contribution >= 4 is 11.9 Å². The predicted octanol–water partition coefficient (Wildman–Crippen LogP) is 1.51. The van der Waals surface area contributed by atoms with Gasteiger partial charge in [0.05, 0.1) is 5.56 Å². The zero-order valence-corrected chi connectivity index (χ0v) is 17.3. The fraction of sp³-hybridized carbons (Fsp3) is 0.619. The fourth-order valence-electron chi connectivity index (χ4n) is 2.98. The zero-order chi connectivity index (χ0) is 20.7. The molecular weight excluding hydrogens is 372 g/mol. The van der Waals surface area contributed by atoms with Crippen molar-refractivity contribution in [2.45, 2.75) is 26.2 Å². The Labute approximate surface area is 173 Å². The topological polar surface area (TPSA) is 104 Å². The Balaban J connectivity index is 1.59. The molecule has 0 aromatic heterocycles. The molecule has 8 nitrogen and oxygen atoms in total. The molecule has 29 heavy (non-hydrogen) atoms. The lowest BCUT2D eigenvalue weighted by Gasteiger charge is -2.21. The molecular formula is C21H34N4O4. The molecule has 2 rings (SSSR count). The van der Waals surface area contributed by atoms with E-state index in [0.29, 0.717) is 38.1 Å². The molecule has 162 valence electrons. The van der Waals surface area contributed by atoms with Crippen LogP contribution in [0.5, 0.6) is 5.75 Å². The number of nitrogens with one attached hydrogen (secondary N) is 3. The van der Waals surface area contributed by atoms with Crippen molar-refractivity contribution in [2.24, 2.45) is 10.9 Å². The van der Waals surface area contributed by atoms with Crippen molar-refractivity contribution in [2.75, 3.05) is 52.6 Å². The number of phenols is 1. The Kier molecular flexibility index (Phi) is 10.9. The van der Waals surface area contributed by atoms with E-state index in [0.717, 1.165) is 45.6 Å². The number of aliphatic imine (C=N–C) groups is 1. The van der Waals surface area contributed by atoms with E-state index in [9.17, 15) is 9.90 Å². The van der Waals surface area contributed by atoms with E-state index >= 15 is 0 Å². The summed E-state index contributed by atoms with van der Waals surface area (Å²) >= 11 is 0. The third kappa shape index (κ3) is 9.15. The van der Waals surface area contributed by atoms with Gasteiger partial charge in [0.25, 0.3) is 5.91 Å². The number of benzene rings is 1. The molecule has 8 heteroatoms. The summed E-state index contributed by atoms with van der Waals surface area (Å²) in [6.07, 6.45) is 3.05. The summed E-state index contributed by atoms with van der Waals surface area (Å²) in [4.78, 5) is 16.6. The van der Waals surface area contributed by atoms with Crippen molar-refractivity contribution in [3.63, 3.8) is 0 Å². The smallest absolute Gasteiger partial charge is 0.255 e. The van der Waals surface area contributed by atoms with Crippen molar-refractivity contribution < 1.29 is 19.4 Å². The van der Waals surface area contributed by atoms with Crippen molar-refractivity contribution in [3.8, 4) is 5.75 Å². The maximum Gasteiger partial charge on any atom is 0.255 e. The second-order valence-electron chi connectivity index (χ2n) is 6.94. The normalized spacial score (nSPS) is 15.1. The van der Waals surface area contributed by atoms with Crippen LogP contribution in [0.15, 0.2) is 29.3 Å². The molecule has 0 spiro atoms. The SMILES string of the molecule is CCNC(=NCCCOCC1CCOCC1)NCCNC(=O)c1ccccc1O. The van der Waals surface area contributed by atoms with E-state index in [1.54, 1.807) is 18.2 Å². The molecule has 1 aromatic rings. The molecule has 1 heterocycles. The number of amides is 1. The first-order chi connectivity index (χ1) is 14.2. The first-order valence-electron chi connectivity index (χ1n) is 10.4. The van der Waals surface area contributed by atoms with Crippen molar-refractivity contribution in [1.29, 1.82) is 0 Å². The van der Waals surface area contributed by atoms with Crippen LogP contribution in [0.3, 0.4) is 0 Å². The molecule has 1 saturated heterocycles. The number of aromatic hydroxyl groups is 1. The third-order valence-electron chi connectivity index (χ3n) is 4.61. The number of guanidine groups is 1. The van der Waals surface area contributed by atoms with E-state index in [4.69, 9.17) is 9.47 Å². The number of rotatable bonds is 11. The van der Waals surface area contributed by atoms with Crippen LogP contribution in [0.1, 0.15) is 36.5 Å². The highest BCUT2D eigenvalue weighted by atomic mass is 16.5. The van der Waals surface area contributed by atoms with Crippen LogP contribution in [0.2, 0.25) is 0 Å². The predicted molar refractivity (Wildman–Crippen MR) is 113 cm³/mol. The van der Waals surface area contributed by atoms with E-state index in [2.05, 4.69) is 20.9 Å². The van der Waals surface area contributed by atoms with Crippen LogP contribution in [-0.4, -0.2) is 69.6 Å². The number of ether oxygens (including phenoxy) is 2. The number of carbonyl (C=O) groups is 1. The largest absolute Gasteiger partial charge is 0.507 e. The molecule has 1 aliphatic heterocycles. The highest BCUT2D eigenvalue weighted by molar-refractivity contribution is 5.96. The molecule has 0 bridgehead atoms. The van der Waals surface area contributed by atoms with Gasteiger partial charge in [0.1, 0.15) is 5.75 Å². The average Bonchev–Trinajstić information content (AvgIpc) is 2.74. The first kappa shape index (κ1) is 23.0. The molecule has 0 unspecified atom stereocenters. The van der Waals surface area contributed by atoms with Gasteiger partial charge in [0.2, 0.25) is 0 Å². The maximum absolute atomic E-state index is 12.1. The van der Waals surface area contributed by atoms with E-state index in [1.165, 1.54) is 6.07 Å². The Morgan fingerprint density at radius 3 is 2.72 bits per heavy atom. The highest BCUT2D eigenvalue weighted by Gasteiger charge is 2.13. The standard InChI is InChI=1S/C21H34N4O4/c1-2-22-21(24-10-5-13-29-16-17-8-14-28-15-9-17)25-12-11-23-20(27)18-6-3-4-7-19(18)26/h3-4,6-7,17,26H,2,5,8-16H2,1H3,(H,23,27)(H2,22,24,25). The summed E-state index contributed by atoms with van der Waals surface area (Å²) in [5.74, 6) is 1.02. The molecule has 4 N–H and O–H groups in total. The van der Waals surface area contributed by atoms with Gasteiger partial charge in [0, 0.05) is 52.6 Å². The van der Waals surface area contributed by atoms with Gasteiger partial charge in [-0.05, 0) is 44.2 Å². The van der Waals surface area contributed by atoms with Gasteiger partial charge in [-0.2, -0.15) is 0 Å². The molecule has 1 fully saturated rings. The minimum absolute atomic E-state index is 0.0214. The maximum atomic E-state index is 12.1. The fourth-order valence-corrected chi connectivity index (χ4v) is 2.98. The number of phenolic OH excluding ortho intramolecular Hbond substituents is 1. The monoisotopic (exact) mass is 406 g/mol. The van der Waals surface area contributed by atoms with Crippen LogP contribution in [0, 0.1) is 5.92 Å². The second kappa shape index (κ2) is 13.8. The van der Waals surface area contributed by atoms with Crippen molar-refractivity contribution in [3.05, 3.63) is 29.8 Å². The van der Waals surface area contributed by atoms with Crippen LogP contribution in [0.25, 0.3) is 0 Å². The Morgan fingerprint density at radius 1 is 1.21 bits per heavy atom. The van der Waals surface area contributed by atoms with Crippen LogP contribution >= 0.6 is 0 Å². The summed E-state index contributed by atoms with van der Waals surface area (Å²) in [6.45, 7) is 7.61. The van der Waals surface area contributed by atoms with E-state index in [1.807, 2.05) is 6.92 Å². The molecule has 0 saturated carbocycles. The Morgan fingerprint density at radius 2 is 1.97 bits per heavy atom. The molecule has 0 atom stereocenters. The number of carbonyl (C=O) groups excluding carboxylic acids is 1. The van der Waals surface area contributed by atoms with Gasteiger partial charge < -0.3 is 30.5 Å². The summed E-state index contributed by atoms with van der Waals surface area (Å²) in [6, 6.07) is 6.49. The van der Waals surface area contributed by atoms with Gasteiger partial charge in [-0.25, -0.2) is 0 Å². The van der Waals surface area contributed by atoms with E-state index in [-0.39, 0.29) is 17.2 Å². The minimum Gasteiger partial charge on any atom is -0.507 e. The number of hydrogen-bond donors (Lipinski definition) is 4. The Bertz CT molecular complexity index is 633. The lowest BCUT2D eigenvalue weighted by Crippen LogP contribution is -2.41. The summed E-state index contributed by atoms with van der Waals surface area (Å²) in [7, 11) is 0. The van der Waals surface area contributed by atoms with Gasteiger partial charge in [-0.3, -0.25) is 9.79 Å². The molecule has 1 amide bonds. The average molecular weight is 407 g/mol. The number of para-hydroxylation sites is 1. The molecule has 1 aliphatic rings. The van der Waals surface area contributed by atoms with Crippen LogP contribution in [-0.2, 0) is 9.47 Å². The van der Waals surface area contributed by atoms with Gasteiger partial charge in [0.15, 0.2) is 5.96 Å². The lowest BCUT2D eigenvalue weighted by molar-refractivity contribution is 0.0205.